The van der Waals surface area contributed by atoms with Gasteiger partial charge >= 0.3 is 5.97 Å². The van der Waals surface area contributed by atoms with Gasteiger partial charge in [0.1, 0.15) is 11.7 Å². The number of pyridine rings is 1. The van der Waals surface area contributed by atoms with Crippen LogP contribution in [0.5, 0.6) is 0 Å². The molecule has 4 rings (SSSR count). The van der Waals surface area contributed by atoms with Gasteiger partial charge in [0.15, 0.2) is 0 Å². The molecule has 1 aliphatic rings. The minimum absolute atomic E-state index is 0.157. The van der Waals surface area contributed by atoms with E-state index in [1.54, 1.807) is 18.5 Å². The zero-order valence-electron chi connectivity index (χ0n) is 21.0. The fraction of sp³-hybridized carbons (Fsp3) is 0.393. The highest BCUT2D eigenvalue weighted by Crippen LogP contribution is 2.48. The quantitative estimate of drug-likeness (QED) is 0.366. The van der Waals surface area contributed by atoms with Gasteiger partial charge in [-0.2, -0.15) is 5.26 Å². The number of amides is 2. The van der Waals surface area contributed by atoms with E-state index in [9.17, 15) is 24.8 Å². The SMILES string of the molecule is CC(C)C[C@@H](C#N)NC(=O)[C@@H]1CCCC[C@@]1(C(N)=O)c1c(C(=O)O)[nH]c2cc(-c3cccnc3)ccc12. The van der Waals surface area contributed by atoms with E-state index in [0.717, 1.165) is 11.1 Å². The number of nitrogens with one attached hydrogen (secondary N) is 2. The minimum Gasteiger partial charge on any atom is -0.477 e. The first kappa shape index (κ1) is 25.9. The number of nitrogens with zero attached hydrogens (tertiary/aromatic N) is 2. The predicted molar refractivity (Wildman–Crippen MR) is 138 cm³/mol. The van der Waals surface area contributed by atoms with Gasteiger partial charge in [-0.1, -0.05) is 44.9 Å². The highest BCUT2D eigenvalue weighted by Gasteiger charge is 2.53. The number of carboxylic acids is 1. The topological polar surface area (TPSA) is 162 Å². The molecule has 37 heavy (non-hydrogen) atoms. The second-order valence-electron chi connectivity index (χ2n) is 10.1. The third-order valence-electron chi connectivity index (χ3n) is 7.30. The summed E-state index contributed by atoms with van der Waals surface area (Å²) >= 11 is 0. The lowest BCUT2D eigenvalue weighted by Crippen LogP contribution is -2.55. The summed E-state index contributed by atoms with van der Waals surface area (Å²) in [6.45, 7) is 3.91. The number of fused-ring (bicyclic) bond motifs is 1. The Kier molecular flexibility index (Phi) is 7.30. The van der Waals surface area contributed by atoms with E-state index in [-0.39, 0.29) is 23.6 Å². The maximum absolute atomic E-state index is 13.6. The number of nitriles is 1. The number of hydrogen-bond donors (Lipinski definition) is 4. The fourth-order valence-electron chi connectivity index (χ4n) is 5.67. The molecule has 1 aliphatic carbocycles. The van der Waals surface area contributed by atoms with Gasteiger partial charge in [-0.25, -0.2) is 4.79 Å². The van der Waals surface area contributed by atoms with Crippen molar-refractivity contribution in [1.29, 1.82) is 5.26 Å². The molecule has 0 radical (unpaired) electrons. The summed E-state index contributed by atoms with van der Waals surface area (Å²) in [5.41, 5.74) is 6.78. The van der Waals surface area contributed by atoms with Gasteiger partial charge in [-0.05, 0) is 42.9 Å². The lowest BCUT2D eigenvalue weighted by molar-refractivity contribution is -0.137. The maximum Gasteiger partial charge on any atom is 0.352 e. The number of H-pyrrole nitrogens is 1. The van der Waals surface area contributed by atoms with Crippen molar-refractivity contribution in [2.45, 2.75) is 57.4 Å². The Balaban J connectivity index is 1.87. The van der Waals surface area contributed by atoms with Crippen LogP contribution in [0.2, 0.25) is 0 Å². The van der Waals surface area contributed by atoms with Crippen LogP contribution in [-0.4, -0.2) is 38.9 Å². The first-order valence-corrected chi connectivity index (χ1v) is 12.5. The van der Waals surface area contributed by atoms with Gasteiger partial charge in [0.2, 0.25) is 11.8 Å². The monoisotopic (exact) mass is 501 g/mol. The van der Waals surface area contributed by atoms with Crippen LogP contribution in [0.25, 0.3) is 22.0 Å². The van der Waals surface area contributed by atoms with Crippen LogP contribution in [-0.2, 0) is 15.0 Å². The summed E-state index contributed by atoms with van der Waals surface area (Å²) in [6.07, 6.45) is 5.72. The number of aromatic amines is 1. The molecule has 5 N–H and O–H groups in total. The molecule has 0 bridgehead atoms. The standard InChI is InChI=1S/C28H31N5O4/c1-16(2)12-19(14-29)32-25(34)21-7-3-4-10-28(21,27(30)37)23-20-9-8-17(18-6-5-11-31-15-18)13-22(20)33-24(23)26(35)36/h5-6,8-9,11,13,15-16,19,21,33H,3-4,7,10,12H2,1-2H3,(H2,30,37)(H,32,34)(H,35,36)/t19-,21-,28-/m0/s1. The molecule has 1 fully saturated rings. The van der Waals surface area contributed by atoms with Gasteiger partial charge in [-0.3, -0.25) is 14.6 Å². The average molecular weight is 502 g/mol. The number of hydrogen-bond acceptors (Lipinski definition) is 5. The molecular weight excluding hydrogens is 470 g/mol. The number of benzene rings is 1. The summed E-state index contributed by atoms with van der Waals surface area (Å²) in [7, 11) is 0. The number of aromatic carboxylic acids is 1. The van der Waals surface area contributed by atoms with E-state index in [1.165, 1.54) is 0 Å². The van der Waals surface area contributed by atoms with Crippen molar-refractivity contribution in [3.63, 3.8) is 0 Å². The van der Waals surface area contributed by atoms with E-state index in [4.69, 9.17) is 5.73 Å². The third-order valence-corrected chi connectivity index (χ3v) is 7.30. The van der Waals surface area contributed by atoms with E-state index >= 15 is 0 Å². The number of nitrogens with two attached hydrogens (primary N) is 1. The van der Waals surface area contributed by atoms with E-state index < -0.39 is 35.2 Å². The van der Waals surface area contributed by atoms with Crippen LogP contribution in [0.1, 0.15) is 62.0 Å². The van der Waals surface area contributed by atoms with Crippen molar-refractivity contribution < 1.29 is 19.5 Å². The molecule has 9 heteroatoms. The lowest BCUT2D eigenvalue weighted by Gasteiger charge is -2.41. The molecule has 3 atom stereocenters. The van der Waals surface area contributed by atoms with Crippen molar-refractivity contribution >= 4 is 28.7 Å². The Bertz CT molecular complexity index is 1370. The van der Waals surface area contributed by atoms with Crippen molar-refractivity contribution in [1.82, 2.24) is 15.3 Å². The number of carboxylic acid groups (broad SMARTS) is 1. The molecule has 1 saturated carbocycles. The lowest BCUT2D eigenvalue weighted by atomic mass is 9.60. The van der Waals surface area contributed by atoms with E-state index in [1.807, 2.05) is 38.1 Å². The Labute approximate surface area is 215 Å². The van der Waals surface area contributed by atoms with Gasteiger partial charge in [0, 0.05) is 34.4 Å². The molecule has 9 nitrogen and oxygen atoms in total. The van der Waals surface area contributed by atoms with Crippen LogP contribution in [0.4, 0.5) is 0 Å². The summed E-state index contributed by atoms with van der Waals surface area (Å²) in [5, 5.41) is 23.1. The summed E-state index contributed by atoms with van der Waals surface area (Å²) < 4.78 is 0. The van der Waals surface area contributed by atoms with Crippen LogP contribution in [0, 0.1) is 23.2 Å². The zero-order valence-corrected chi connectivity index (χ0v) is 21.0. The summed E-state index contributed by atoms with van der Waals surface area (Å²) in [5.74, 6) is -3.17. The Morgan fingerprint density at radius 1 is 1.27 bits per heavy atom. The van der Waals surface area contributed by atoms with Crippen LogP contribution in [0.15, 0.2) is 42.7 Å². The summed E-state index contributed by atoms with van der Waals surface area (Å²) in [4.78, 5) is 46.4. The predicted octanol–water partition coefficient (Wildman–Crippen LogP) is 3.90. The molecule has 3 aromatic rings. The van der Waals surface area contributed by atoms with Crippen molar-refractivity contribution in [2.24, 2.45) is 17.6 Å². The van der Waals surface area contributed by atoms with Crippen molar-refractivity contribution in [3.8, 4) is 17.2 Å². The Morgan fingerprint density at radius 2 is 2.05 bits per heavy atom. The Hall–Kier alpha value is -4.19. The number of aromatic nitrogens is 2. The zero-order chi connectivity index (χ0) is 26.7. The summed E-state index contributed by atoms with van der Waals surface area (Å²) in [6, 6.07) is 10.5. The van der Waals surface area contributed by atoms with Crippen LogP contribution in [0.3, 0.4) is 0 Å². The fourth-order valence-corrected chi connectivity index (χ4v) is 5.67. The number of carbonyl (C=O) groups is 3. The molecular formula is C28H31N5O4. The van der Waals surface area contributed by atoms with Gasteiger partial charge in [0.05, 0.1) is 17.4 Å². The van der Waals surface area contributed by atoms with Gasteiger partial charge in [-0.15, -0.1) is 0 Å². The van der Waals surface area contributed by atoms with Crippen LogP contribution < -0.4 is 11.1 Å². The first-order chi connectivity index (χ1) is 17.7. The van der Waals surface area contributed by atoms with E-state index in [0.29, 0.717) is 36.6 Å². The largest absolute Gasteiger partial charge is 0.477 e. The third kappa shape index (κ3) is 4.79. The molecule has 0 aliphatic heterocycles. The second-order valence-corrected chi connectivity index (χ2v) is 10.1. The molecule has 192 valence electrons. The Morgan fingerprint density at radius 3 is 2.68 bits per heavy atom. The molecule has 2 amide bonds. The second kappa shape index (κ2) is 10.4. The van der Waals surface area contributed by atoms with Crippen molar-refractivity contribution in [2.75, 3.05) is 0 Å². The van der Waals surface area contributed by atoms with Gasteiger partial charge in [0.25, 0.3) is 0 Å². The number of carbonyl (C=O) groups excluding carboxylic acids is 2. The van der Waals surface area contributed by atoms with Crippen molar-refractivity contribution in [3.05, 3.63) is 54.0 Å². The average Bonchev–Trinajstić information content (AvgIpc) is 3.28. The number of primary amides is 1. The maximum atomic E-state index is 13.6. The molecule has 2 aromatic heterocycles. The van der Waals surface area contributed by atoms with Gasteiger partial charge < -0.3 is 21.1 Å². The first-order valence-electron chi connectivity index (χ1n) is 12.5. The normalized spacial score (nSPS) is 20.3. The highest BCUT2D eigenvalue weighted by atomic mass is 16.4. The van der Waals surface area contributed by atoms with Crippen LogP contribution >= 0.6 is 0 Å². The molecule has 0 spiro atoms. The number of rotatable bonds is 8. The highest BCUT2D eigenvalue weighted by molar-refractivity contribution is 6.06. The molecule has 0 unspecified atom stereocenters. The molecule has 1 aromatic carbocycles. The molecule has 2 heterocycles. The molecule has 0 saturated heterocycles. The van der Waals surface area contributed by atoms with E-state index in [2.05, 4.69) is 21.4 Å². The smallest absolute Gasteiger partial charge is 0.352 e. The minimum atomic E-state index is -1.54.